The molecule has 0 fully saturated rings. The number of rotatable bonds is 4. The number of halogens is 8. The number of alkyl halides is 4. The van der Waals surface area contributed by atoms with Gasteiger partial charge in [-0.25, -0.2) is 8.78 Å². The molecule has 9 heteroatoms. The zero-order valence-electron chi connectivity index (χ0n) is 8.92. The van der Waals surface area contributed by atoms with Gasteiger partial charge in [0, 0.05) is 0 Å². The molecule has 0 amide bonds. The Kier molecular flexibility index (Phi) is 14.7. The molecule has 1 nitrogen and oxygen atoms in total. The van der Waals surface area contributed by atoms with Crippen LogP contribution < -0.4 is 0 Å². The van der Waals surface area contributed by atoms with Crippen LogP contribution in [0.4, 0.5) is 35.1 Å². The highest BCUT2D eigenvalue weighted by atomic mass is 19.3. The SMILES string of the molecule is C=C.C=CCOC(F)(F)C(F)F.FC(F)=C(F)F. The molecule has 0 N–H and O–H groups in total. The number of hydrogen-bond acceptors (Lipinski definition) is 1. The van der Waals surface area contributed by atoms with Crippen molar-refractivity contribution in [1.82, 2.24) is 0 Å². The molecule has 0 radical (unpaired) electrons. The second-order valence-corrected chi connectivity index (χ2v) is 1.98. The summed E-state index contributed by atoms with van der Waals surface area (Å²) in [6, 6.07) is 0. The third kappa shape index (κ3) is 14.6. The van der Waals surface area contributed by atoms with Crippen molar-refractivity contribution in [1.29, 1.82) is 0 Å². The van der Waals surface area contributed by atoms with Crippen molar-refractivity contribution in [3.05, 3.63) is 38.0 Å². The Labute approximate surface area is 98.0 Å². The van der Waals surface area contributed by atoms with Crippen LogP contribution in [0.15, 0.2) is 38.0 Å². The molecule has 0 saturated heterocycles. The molecular formula is C9H10F8O. The summed E-state index contributed by atoms with van der Waals surface area (Å²) in [7, 11) is 0. The minimum absolute atomic E-state index is 0.586. The highest BCUT2D eigenvalue weighted by molar-refractivity contribution is 4.77. The molecule has 0 aliphatic heterocycles. The fourth-order valence-electron chi connectivity index (χ4n) is 0.233. The average molecular weight is 286 g/mol. The summed E-state index contributed by atoms with van der Waals surface area (Å²) in [6.45, 7) is 8.43. The predicted octanol–water partition coefficient (Wildman–Crippen LogP) is 4.84. The first kappa shape index (κ1) is 21.9. The zero-order valence-corrected chi connectivity index (χ0v) is 8.92. The van der Waals surface area contributed by atoms with E-state index in [-0.39, 0.29) is 0 Å². The van der Waals surface area contributed by atoms with E-state index in [9.17, 15) is 35.1 Å². The maximum atomic E-state index is 11.7. The van der Waals surface area contributed by atoms with Crippen molar-refractivity contribution >= 4 is 0 Å². The Morgan fingerprint density at radius 3 is 1.56 bits per heavy atom. The largest absolute Gasteiger partial charge is 0.416 e. The molecule has 0 heterocycles. The van der Waals surface area contributed by atoms with Crippen LogP contribution in [0.1, 0.15) is 0 Å². The molecule has 108 valence electrons. The fraction of sp³-hybridized carbons (Fsp3) is 0.333. The van der Waals surface area contributed by atoms with Gasteiger partial charge in [0.2, 0.25) is 0 Å². The summed E-state index contributed by atoms with van der Waals surface area (Å²) in [5.41, 5.74) is 0. The molecule has 0 aromatic rings. The normalized spacial score (nSPS) is 9.61. The average Bonchev–Trinajstić information content (AvgIpc) is 2.29. The monoisotopic (exact) mass is 286 g/mol. The van der Waals surface area contributed by atoms with Crippen LogP contribution in [0.3, 0.4) is 0 Å². The summed E-state index contributed by atoms with van der Waals surface area (Å²) in [5, 5.41) is 0. The maximum absolute atomic E-state index is 11.7. The van der Waals surface area contributed by atoms with Gasteiger partial charge in [0.15, 0.2) is 0 Å². The van der Waals surface area contributed by atoms with Gasteiger partial charge >= 0.3 is 24.7 Å². The molecule has 0 rings (SSSR count). The van der Waals surface area contributed by atoms with Crippen molar-refractivity contribution < 1.29 is 39.9 Å². The molecule has 0 spiro atoms. The van der Waals surface area contributed by atoms with Crippen molar-refractivity contribution in [2.45, 2.75) is 12.5 Å². The minimum Gasteiger partial charge on any atom is -0.312 e. The fourth-order valence-corrected chi connectivity index (χ4v) is 0.233. The second kappa shape index (κ2) is 12.1. The Hall–Kier alpha value is -1.38. The summed E-state index contributed by atoms with van der Waals surface area (Å²) in [4.78, 5) is 0. The first-order valence-corrected chi connectivity index (χ1v) is 3.92. The van der Waals surface area contributed by atoms with E-state index in [2.05, 4.69) is 24.5 Å². The molecule has 0 aromatic heterocycles. The Morgan fingerprint density at radius 1 is 1.06 bits per heavy atom. The van der Waals surface area contributed by atoms with E-state index < -0.39 is 31.3 Å². The van der Waals surface area contributed by atoms with Crippen molar-refractivity contribution in [2.75, 3.05) is 6.61 Å². The minimum atomic E-state index is -4.35. The van der Waals surface area contributed by atoms with E-state index >= 15 is 0 Å². The lowest BCUT2D eigenvalue weighted by Gasteiger charge is -2.13. The van der Waals surface area contributed by atoms with Crippen LogP contribution in [0, 0.1) is 0 Å². The van der Waals surface area contributed by atoms with Gasteiger partial charge in [-0.1, -0.05) is 6.08 Å². The van der Waals surface area contributed by atoms with Gasteiger partial charge in [-0.3, -0.25) is 0 Å². The van der Waals surface area contributed by atoms with E-state index in [4.69, 9.17) is 0 Å². The van der Waals surface area contributed by atoms with E-state index in [0.29, 0.717) is 0 Å². The molecule has 0 bridgehead atoms. The van der Waals surface area contributed by atoms with Crippen LogP contribution in [-0.2, 0) is 4.74 Å². The predicted molar refractivity (Wildman–Crippen MR) is 49.8 cm³/mol. The van der Waals surface area contributed by atoms with Crippen molar-refractivity contribution in [2.24, 2.45) is 0 Å². The van der Waals surface area contributed by atoms with Gasteiger partial charge in [0.1, 0.15) is 0 Å². The summed E-state index contributed by atoms with van der Waals surface area (Å²) >= 11 is 0. The summed E-state index contributed by atoms with van der Waals surface area (Å²) in [6.07, 6.45) is -13.0. The molecule has 0 saturated carbocycles. The summed E-state index contributed by atoms with van der Waals surface area (Å²) in [5.74, 6) is 0. The second-order valence-electron chi connectivity index (χ2n) is 1.98. The van der Waals surface area contributed by atoms with Gasteiger partial charge in [0.25, 0.3) is 0 Å². The Balaban J connectivity index is -0.000000241. The third-order valence-electron chi connectivity index (χ3n) is 0.791. The van der Waals surface area contributed by atoms with Crippen LogP contribution in [0.25, 0.3) is 0 Å². The van der Waals surface area contributed by atoms with E-state index in [1.165, 1.54) is 0 Å². The van der Waals surface area contributed by atoms with Gasteiger partial charge < -0.3 is 4.74 Å². The number of ether oxygens (including phenoxy) is 1. The first-order valence-electron chi connectivity index (χ1n) is 3.92. The van der Waals surface area contributed by atoms with Crippen LogP contribution in [0.2, 0.25) is 0 Å². The topological polar surface area (TPSA) is 9.23 Å². The maximum Gasteiger partial charge on any atom is 0.416 e. The number of hydrogen-bond donors (Lipinski definition) is 0. The third-order valence-corrected chi connectivity index (χ3v) is 0.791. The van der Waals surface area contributed by atoms with Crippen molar-refractivity contribution in [3.8, 4) is 0 Å². The Morgan fingerprint density at radius 2 is 1.39 bits per heavy atom. The quantitative estimate of drug-likeness (QED) is 0.530. The molecule has 0 aliphatic rings. The molecule has 0 atom stereocenters. The van der Waals surface area contributed by atoms with Crippen LogP contribution >= 0.6 is 0 Å². The highest BCUT2D eigenvalue weighted by Crippen LogP contribution is 2.23. The van der Waals surface area contributed by atoms with Crippen molar-refractivity contribution in [3.63, 3.8) is 0 Å². The van der Waals surface area contributed by atoms with E-state index in [0.717, 1.165) is 6.08 Å². The lowest BCUT2D eigenvalue weighted by molar-refractivity contribution is -0.295. The molecule has 18 heavy (non-hydrogen) atoms. The molecule has 0 unspecified atom stereocenters. The van der Waals surface area contributed by atoms with Gasteiger partial charge in [0.05, 0.1) is 6.61 Å². The lowest BCUT2D eigenvalue weighted by Crippen LogP contribution is -2.30. The van der Waals surface area contributed by atoms with Gasteiger partial charge in [-0.15, -0.1) is 19.7 Å². The zero-order chi connectivity index (χ0) is 15.4. The molecular weight excluding hydrogens is 276 g/mol. The standard InChI is InChI=1S/C5H6F4O.C2F4.C2H4/c1-2-3-10-5(8,9)4(6)7;3-1(4)2(5)6;1-2/h2,4H,1,3H2;;1-2H2. The first-order chi connectivity index (χ1) is 8.15. The van der Waals surface area contributed by atoms with E-state index in [1.807, 2.05) is 0 Å². The summed E-state index contributed by atoms with van der Waals surface area (Å²) < 4.78 is 90.5. The van der Waals surface area contributed by atoms with Gasteiger partial charge in [-0.05, 0) is 0 Å². The molecule has 0 aromatic carbocycles. The molecule has 0 aliphatic carbocycles. The Bertz CT molecular complexity index is 233. The van der Waals surface area contributed by atoms with E-state index in [1.54, 1.807) is 0 Å². The smallest absolute Gasteiger partial charge is 0.312 e. The highest BCUT2D eigenvalue weighted by Gasteiger charge is 2.41. The van der Waals surface area contributed by atoms with Gasteiger partial charge in [-0.2, -0.15) is 26.3 Å². The van der Waals surface area contributed by atoms with Crippen LogP contribution in [0.5, 0.6) is 0 Å². The lowest BCUT2D eigenvalue weighted by atomic mass is 10.6. The van der Waals surface area contributed by atoms with Crippen LogP contribution in [-0.4, -0.2) is 19.1 Å².